The molecule has 0 unspecified atom stereocenters. The summed E-state index contributed by atoms with van der Waals surface area (Å²) in [6, 6.07) is 7.88. The van der Waals surface area contributed by atoms with Gasteiger partial charge in [-0.2, -0.15) is 0 Å². The summed E-state index contributed by atoms with van der Waals surface area (Å²) in [6.45, 7) is 3.51. The van der Waals surface area contributed by atoms with Crippen LogP contribution in [0.5, 0.6) is 0 Å². The summed E-state index contributed by atoms with van der Waals surface area (Å²) >= 11 is 0. The maximum atomic E-state index is 11.8. The lowest BCUT2D eigenvalue weighted by Gasteiger charge is -2.11. The number of rotatable bonds is 5. The molecule has 0 fully saturated rings. The van der Waals surface area contributed by atoms with Crippen LogP contribution in [0.2, 0.25) is 0 Å². The Bertz CT molecular complexity index is 373. The standard InChI is InChI=1S/C12H15NO3/c1-9(2)11(13(15)16)8-12(14)10-6-4-3-5-7-10/h3-7,9,11H,8H2,1-2H3/t11-/m0/s1. The number of benzene rings is 1. The van der Waals surface area contributed by atoms with Gasteiger partial charge in [-0.1, -0.05) is 44.2 Å². The first-order valence-electron chi connectivity index (χ1n) is 5.24. The summed E-state index contributed by atoms with van der Waals surface area (Å²) in [6.07, 6.45) is -0.0331. The Morgan fingerprint density at radius 1 is 1.31 bits per heavy atom. The van der Waals surface area contributed by atoms with Crippen molar-refractivity contribution in [1.29, 1.82) is 0 Å². The van der Waals surface area contributed by atoms with E-state index in [0.29, 0.717) is 5.56 Å². The molecule has 0 aliphatic rings. The van der Waals surface area contributed by atoms with E-state index in [0.717, 1.165) is 0 Å². The van der Waals surface area contributed by atoms with Gasteiger partial charge in [-0.15, -0.1) is 0 Å². The van der Waals surface area contributed by atoms with Gasteiger partial charge in [-0.05, 0) is 0 Å². The number of ketones is 1. The van der Waals surface area contributed by atoms with Crippen molar-refractivity contribution in [1.82, 2.24) is 0 Å². The second kappa shape index (κ2) is 5.39. The first-order chi connectivity index (χ1) is 7.52. The van der Waals surface area contributed by atoms with E-state index < -0.39 is 6.04 Å². The Morgan fingerprint density at radius 3 is 2.31 bits per heavy atom. The first-order valence-corrected chi connectivity index (χ1v) is 5.24. The Morgan fingerprint density at radius 2 is 1.88 bits per heavy atom. The largest absolute Gasteiger partial charge is 0.294 e. The van der Waals surface area contributed by atoms with Gasteiger partial charge in [0, 0.05) is 16.4 Å². The number of Topliss-reactive ketones (excluding diaryl/α,β-unsaturated/α-hetero) is 1. The van der Waals surface area contributed by atoms with Crippen LogP contribution in [0.3, 0.4) is 0 Å². The smallest absolute Gasteiger partial charge is 0.222 e. The predicted octanol–water partition coefficient (Wildman–Crippen LogP) is 2.56. The molecule has 0 amide bonds. The fourth-order valence-electron chi connectivity index (χ4n) is 1.49. The molecule has 0 spiro atoms. The molecular formula is C12H15NO3. The zero-order valence-electron chi connectivity index (χ0n) is 9.42. The van der Waals surface area contributed by atoms with E-state index in [-0.39, 0.29) is 23.0 Å². The van der Waals surface area contributed by atoms with Crippen LogP contribution in [0, 0.1) is 16.0 Å². The number of carbonyl (C=O) groups excluding carboxylic acids is 1. The third-order valence-electron chi connectivity index (χ3n) is 2.53. The van der Waals surface area contributed by atoms with Gasteiger partial charge in [0.05, 0.1) is 6.42 Å². The first kappa shape index (κ1) is 12.4. The molecule has 0 aliphatic carbocycles. The van der Waals surface area contributed by atoms with Crippen LogP contribution >= 0.6 is 0 Å². The third-order valence-corrected chi connectivity index (χ3v) is 2.53. The summed E-state index contributed by atoms with van der Waals surface area (Å²) in [4.78, 5) is 22.2. The molecule has 4 heteroatoms. The molecule has 0 heterocycles. The van der Waals surface area contributed by atoms with Crippen molar-refractivity contribution in [2.45, 2.75) is 26.3 Å². The van der Waals surface area contributed by atoms with Crippen molar-refractivity contribution in [2.75, 3.05) is 0 Å². The van der Waals surface area contributed by atoms with Crippen LogP contribution in [-0.4, -0.2) is 16.7 Å². The third kappa shape index (κ3) is 3.15. The van der Waals surface area contributed by atoms with Crippen molar-refractivity contribution in [2.24, 2.45) is 5.92 Å². The summed E-state index contributed by atoms with van der Waals surface area (Å²) in [7, 11) is 0. The van der Waals surface area contributed by atoms with E-state index in [9.17, 15) is 14.9 Å². The molecule has 0 bridgehead atoms. The number of nitro groups is 1. The van der Waals surface area contributed by atoms with E-state index in [1.165, 1.54) is 0 Å². The minimum atomic E-state index is -0.798. The molecule has 0 saturated carbocycles. The molecule has 1 aromatic carbocycles. The number of hydrogen-bond acceptors (Lipinski definition) is 3. The highest BCUT2D eigenvalue weighted by Gasteiger charge is 2.27. The molecule has 0 radical (unpaired) electrons. The quantitative estimate of drug-likeness (QED) is 0.436. The lowest BCUT2D eigenvalue weighted by atomic mass is 9.96. The van der Waals surface area contributed by atoms with E-state index >= 15 is 0 Å². The van der Waals surface area contributed by atoms with Crippen LogP contribution < -0.4 is 0 Å². The van der Waals surface area contributed by atoms with Crippen LogP contribution in [0.1, 0.15) is 30.6 Å². The van der Waals surface area contributed by atoms with Gasteiger partial charge in [-0.3, -0.25) is 14.9 Å². The van der Waals surface area contributed by atoms with Gasteiger partial charge in [0.15, 0.2) is 5.78 Å². The van der Waals surface area contributed by atoms with Crippen LogP contribution in [-0.2, 0) is 0 Å². The summed E-state index contributed by atoms with van der Waals surface area (Å²) in [5.41, 5.74) is 0.537. The summed E-state index contributed by atoms with van der Waals surface area (Å²) in [5, 5.41) is 10.8. The van der Waals surface area contributed by atoms with Gasteiger partial charge in [0.1, 0.15) is 0 Å². The van der Waals surface area contributed by atoms with Crippen LogP contribution in [0.25, 0.3) is 0 Å². The van der Waals surface area contributed by atoms with Gasteiger partial charge < -0.3 is 0 Å². The van der Waals surface area contributed by atoms with E-state index in [1.807, 2.05) is 6.07 Å². The van der Waals surface area contributed by atoms with E-state index in [2.05, 4.69) is 0 Å². The molecule has 4 nitrogen and oxygen atoms in total. The second-order valence-corrected chi connectivity index (χ2v) is 4.09. The minimum absolute atomic E-state index is 0.0331. The molecular weight excluding hydrogens is 206 g/mol. The highest BCUT2D eigenvalue weighted by molar-refractivity contribution is 5.96. The zero-order valence-corrected chi connectivity index (χ0v) is 9.42. The van der Waals surface area contributed by atoms with Crippen molar-refractivity contribution >= 4 is 5.78 Å². The lowest BCUT2D eigenvalue weighted by Crippen LogP contribution is -2.28. The average molecular weight is 221 g/mol. The second-order valence-electron chi connectivity index (χ2n) is 4.09. The van der Waals surface area contributed by atoms with Crippen molar-refractivity contribution in [3.05, 3.63) is 46.0 Å². The maximum absolute atomic E-state index is 11.8. The SMILES string of the molecule is CC(C)[C@H](CC(=O)c1ccccc1)[N+](=O)[O-]. The average Bonchev–Trinajstić information content (AvgIpc) is 2.25. The Labute approximate surface area is 94.4 Å². The van der Waals surface area contributed by atoms with Gasteiger partial charge in [0.25, 0.3) is 0 Å². The molecule has 1 atom stereocenters. The number of nitrogens with zero attached hydrogens (tertiary/aromatic N) is 1. The Kier molecular flexibility index (Phi) is 4.17. The minimum Gasteiger partial charge on any atom is -0.294 e. The number of carbonyl (C=O) groups is 1. The molecule has 0 saturated heterocycles. The monoisotopic (exact) mass is 221 g/mol. The van der Waals surface area contributed by atoms with Crippen molar-refractivity contribution in [3.8, 4) is 0 Å². The maximum Gasteiger partial charge on any atom is 0.222 e. The highest BCUT2D eigenvalue weighted by Crippen LogP contribution is 2.13. The molecule has 86 valence electrons. The Balaban J connectivity index is 2.74. The summed E-state index contributed by atoms with van der Waals surface area (Å²) < 4.78 is 0. The fraction of sp³-hybridized carbons (Fsp3) is 0.417. The summed E-state index contributed by atoms with van der Waals surface area (Å²) in [5.74, 6) is -0.307. The normalized spacial score (nSPS) is 12.4. The zero-order chi connectivity index (χ0) is 12.1. The highest BCUT2D eigenvalue weighted by atomic mass is 16.6. The topological polar surface area (TPSA) is 60.2 Å². The van der Waals surface area contributed by atoms with Crippen molar-refractivity contribution < 1.29 is 9.72 Å². The van der Waals surface area contributed by atoms with Gasteiger partial charge >= 0.3 is 0 Å². The lowest BCUT2D eigenvalue weighted by molar-refractivity contribution is -0.529. The van der Waals surface area contributed by atoms with Crippen LogP contribution in [0.4, 0.5) is 0 Å². The van der Waals surface area contributed by atoms with Crippen molar-refractivity contribution in [3.63, 3.8) is 0 Å². The van der Waals surface area contributed by atoms with Gasteiger partial charge in [-0.25, -0.2) is 0 Å². The van der Waals surface area contributed by atoms with Crippen LogP contribution in [0.15, 0.2) is 30.3 Å². The molecule has 0 aromatic heterocycles. The van der Waals surface area contributed by atoms with E-state index in [1.54, 1.807) is 38.1 Å². The molecule has 0 N–H and O–H groups in total. The molecule has 1 aromatic rings. The molecule has 1 rings (SSSR count). The van der Waals surface area contributed by atoms with E-state index in [4.69, 9.17) is 0 Å². The molecule has 0 aliphatic heterocycles. The predicted molar refractivity (Wildman–Crippen MR) is 61.0 cm³/mol. The number of hydrogen-bond donors (Lipinski definition) is 0. The Hall–Kier alpha value is -1.71. The molecule has 16 heavy (non-hydrogen) atoms. The van der Waals surface area contributed by atoms with Gasteiger partial charge in [0.2, 0.25) is 6.04 Å². The fourth-order valence-corrected chi connectivity index (χ4v) is 1.49.